The Bertz CT molecular complexity index is 314. The third kappa shape index (κ3) is 1.59. The number of rotatable bonds is 2. The number of hydrogen-bond donors (Lipinski definition) is 1. The number of fused-ring (bicyclic) bond motifs is 1. The summed E-state index contributed by atoms with van der Waals surface area (Å²) in [6, 6.07) is 0. The number of aromatic nitrogens is 1. The molecule has 2 rings (SSSR count). The SMILES string of the molecule is CC1CCc2cn(C)cc2C1CCN. The number of nitrogens with two attached hydrogens (primary N) is 1. The van der Waals surface area contributed by atoms with Gasteiger partial charge < -0.3 is 10.3 Å². The van der Waals surface area contributed by atoms with E-state index >= 15 is 0 Å². The molecule has 14 heavy (non-hydrogen) atoms. The Labute approximate surface area is 86.1 Å². The molecule has 1 aromatic heterocycles. The van der Waals surface area contributed by atoms with Gasteiger partial charge in [-0.1, -0.05) is 6.92 Å². The van der Waals surface area contributed by atoms with Gasteiger partial charge in [0.25, 0.3) is 0 Å². The van der Waals surface area contributed by atoms with Crippen molar-refractivity contribution in [2.24, 2.45) is 18.7 Å². The quantitative estimate of drug-likeness (QED) is 0.763. The first-order chi connectivity index (χ1) is 6.72. The smallest absolute Gasteiger partial charge is 0.0106 e. The molecular formula is C12H20N2. The molecule has 2 unspecified atom stereocenters. The van der Waals surface area contributed by atoms with Crippen LogP contribution in [0, 0.1) is 5.92 Å². The van der Waals surface area contributed by atoms with E-state index in [2.05, 4.69) is 30.9 Å². The average molecular weight is 192 g/mol. The standard InChI is InChI=1S/C12H20N2/c1-9-3-4-10-7-14(2)8-12(10)11(9)5-6-13/h7-9,11H,3-6,13H2,1-2H3. The van der Waals surface area contributed by atoms with Gasteiger partial charge in [-0.3, -0.25) is 0 Å². The second-order valence-corrected chi connectivity index (χ2v) is 4.60. The normalized spacial score (nSPS) is 26.2. The zero-order chi connectivity index (χ0) is 10.1. The summed E-state index contributed by atoms with van der Waals surface area (Å²) in [5.74, 6) is 1.50. The predicted molar refractivity (Wildman–Crippen MR) is 59.3 cm³/mol. The van der Waals surface area contributed by atoms with Crippen LogP contribution in [0.15, 0.2) is 12.4 Å². The second-order valence-electron chi connectivity index (χ2n) is 4.60. The predicted octanol–water partition coefficient (Wildman–Crippen LogP) is 2.04. The molecule has 0 radical (unpaired) electrons. The molecule has 2 nitrogen and oxygen atoms in total. The monoisotopic (exact) mass is 192 g/mol. The maximum atomic E-state index is 5.68. The van der Waals surface area contributed by atoms with Gasteiger partial charge in [-0.25, -0.2) is 0 Å². The van der Waals surface area contributed by atoms with Crippen molar-refractivity contribution in [2.75, 3.05) is 6.54 Å². The van der Waals surface area contributed by atoms with Crippen LogP contribution >= 0.6 is 0 Å². The summed E-state index contributed by atoms with van der Waals surface area (Å²) in [5, 5.41) is 0. The highest BCUT2D eigenvalue weighted by Crippen LogP contribution is 2.38. The lowest BCUT2D eigenvalue weighted by Gasteiger charge is -2.28. The molecule has 2 atom stereocenters. The molecule has 1 heterocycles. The fourth-order valence-corrected chi connectivity index (χ4v) is 2.71. The van der Waals surface area contributed by atoms with Gasteiger partial charge >= 0.3 is 0 Å². The van der Waals surface area contributed by atoms with Crippen LogP contribution in [0.25, 0.3) is 0 Å². The topological polar surface area (TPSA) is 30.9 Å². The van der Waals surface area contributed by atoms with Crippen molar-refractivity contribution < 1.29 is 0 Å². The van der Waals surface area contributed by atoms with E-state index in [1.807, 2.05) is 0 Å². The first kappa shape index (κ1) is 9.78. The maximum Gasteiger partial charge on any atom is 0.0106 e. The van der Waals surface area contributed by atoms with Crippen molar-refractivity contribution in [1.29, 1.82) is 0 Å². The molecule has 2 N–H and O–H groups in total. The van der Waals surface area contributed by atoms with Crippen LogP contribution in [-0.2, 0) is 13.5 Å². The molecule has 0 aromatic carbocycles. The van der Waals surface area contributed by atoms with E-state index in [1.54, 1.807) is 11.1 Å². The highest BCUT2D eigenvalue weighted by atomic mass is 14.9. The van der Waals surface area contributed by atoms with Crippen LogP contribution in [0.2, 0.25) is 0 Å². The Morgan fingerprint density at radius 1 is 1.50 bits per heavy atom. The fourth-order valence-electron chi connectivity index (χ4n) is 2.71. The Balaban J connectivity index is 2.30. The van der Waals surface area contributed by atoms with E-state index in [0.717, 1.165) is 18.9 Å². The molecule has 0 spiro atoms. The van der Waals surface area contributed by atoms with Crippen molar-refractivity contribution in [2.45, 2.75) is 32.1 Å². The van der Waals surface area contributed by atoms with E-state index in [-0.39, 0.29) is 0 Å². The Morgan fingerprint density at radius 3 is 3.00 bits per heavy atom. The zero-order valence-electron chi connectivity index (χ0n) is 9.16. The number of hydrogen-bond acceptors (Lipinski definition) is 1. The lowest BCUT2D eigenvalue weighted by atomic mass is 9.76. The van der Waals surface area contributed by atoms with Crippen molar-refractivity contribution in [1.82, 2.24) is 4.57 Å². The van der Waals surface area contributed by atoms with Gasteiger partial charge in [0.1, 0.15) is 0 Å². The third-order valence-corrected chi connectivity index (χ3v) is 3.51. The van der Waals surface area contributed by atoms with E-state index in [1.165, 1.54) is 12.8 Å². The van der Waals surface area contributed by atoms with Crippen LogP contribution in [0.4, 0.5) is 0 Å². The molecule has 0 saturated heterocycles. The molecule has 0 amide bonds. The van der Waals surface area contributed by atoms with Gasteiger partial charge in [0, 0.05) is 19.4 Å². The molecule has 0 aliphatic heterocycles. The number of nitrogens with zero attached hydrogens (tertiary/aromatic N) is 1. The van der Waals surface area contributed by atoms with E-state index in [0.29, 0.717) is 5.92 Å². The summed E-state index contributed by atoms with van der Waals surface area (Å²) in [6.45, 7) is 3.17. The molecular weight excluding hydrogens is 172 g/mol. The van der Waals surface area contributed by atoms with Crippen LogP contribution in [0.5, 0.6) is 0 Å². The third-order valence-electron chi connectivity index (χ3n) is 3.51. The summed E-state index contributed by atoms with van der Waals surface area (Å²) in [5.41, 5.74) is 8.78. The first-order valence-electron chi connectivity index (χ1n) is 5.57. The van der Waals surface area contributed by atoms with Gasteiger partial charge in [0.15, 0.2) is 0 Å². The largest absolute Gasteiger partial charge is 0.357 e. The first-order valence-corrected chi connectivity index (χ1v) is 5.57. The maximum absolute atomic E-state index is 5.68. The van der Waals surface area contributed by atoms with E-state index < -0.39 is 0 Å². The van der Waals surface area contributed by atoms with Crippen LogP contribution < -0.4 is 5.73 Å². The Kier molecular flexibility index (Phi) is 2.64. The summed E-state index contributed by atoms with van der Waals surface area (Å²) >= 11 is 0. The molecule has 0 saturated carbocycles. The van der Waals surface area contributed by atoms with Crippen LogP contribution in [0.3, 0.4) is 0 Å². The van der Waals surface area contributed by atoms with Crippen LogP contribution in [-0.4, -0.2) is 11.1 Å². The Morgan fingerprint density at radius 2 is 2.29 bits per heavy atom. The minimum atomic E-state index is 0.699. The second kappa shape index (κ2) is 3.77. The minimum Gasteiger partial charge on any atom is -0.357 e. The van der Waals surface area contributed by atoms with Crippen LogP contribution in [0.1, 0.15) is 36.8 Å². The lowest BCUT2D eigenvalue weighted by Crippen LogP contribution is -2.19. The molecule has 1 aliphatic rings. The van der Waals surface area contributed by atoms with Gasteiger partial charge in [-0.15, -0.1) is 0 Å². The average Bonchev–Trinajstić information content (AvgIpc) is 2.51. The lowest BCUT2D eigenvalue weighted by molar-refractivity contribution is 0.389. The fraction of sp³-hybridized carbons (Fsp3) is 0.667. The number of aryl methyl sites for hydroxylation is 2. The Hall–Kier alpha value is -0.760. The minimum absolute atomic E-state index is 0.699. The van der Waals surface area contributed by atoms with E-state index in [4.69, 9.17) is 5.73 Å². The molecule has 2 heteroatoms. The van der Waals surface area contributed by atoms with Gasteiger partial charge in [0.05, 0.1) is 0 Å². The summed E-state index contributed by atoms with van der Waals surface area (Å²) in [6.07, 6.45) is 8.26. The van der Waals surface area contributed by atoms with Gasteiger partial charge in [-0.05, 0) is 48.8 Å². The van der Waals surface area contributed by atoms with Crippen molar-refractivity contribution in [3.63, 3.8) is 0 Å². The molecule has 1 aromatic rings. The van der Waals surface area contributed by atoms with Crippen molar-refractivity contribution >= 4 is 0 Å². The molecule has 78 valence electrons. The van der Waals surface area contributed by atoms with Crippen molar-refractivity contribution in [3.05, 3.63) is 23.5 Å². The zero-order valence-corrected chi connectivity index (χ0v) is 9.16. The van der Waals surface area contributed by atoms with Crippen molar-refractivity contribution in [3.8, 4) is 0 Å². The summed E-state index contributed by atoms with van der Waals surface area (Å²) in [7, 11) is 2.11. The van der Waals surface area contributed by atoms with E-state index in [9.17, 15) is 0 Å². The summed E-state index contributed by atoms with van der Waals surface area (Å²) < 4.78 is 2.19. The highest BCUT2D eigenvalue weighted by Gasteiger charge is 2.26. The van der Waals surface area contributed by atoms with Gasteiger partial charge in [0.2, 0.25) is 0 Å². The molecule has 0 bridgehead atoms. The van der Waals surface area contributed by atoms with Gasteiger partial charge in [-0.2, -0.15) is 0 Å². The molecule has 1 aliphatic carbocycles. The summed E-state index contributed by atoms with van der Waals surface area (Å²) in [4.78, 5) is 0. The molecule has 0 fully saturated rings. The highest BCUT2D eigenvalue weighted by molar-refractivity contribution is 5.31.